The van der Waals surface area contributed by atoms with Crippen molar-refractivity contribution in [3.05, 3.63) is 98.4 Å². The number of hydrogen-bond donors (Lipinski definition) is 1. The van der Waals surface area contributed by atoms with Gasteiger partial charge in [0.1, 0.15) is 11.6 Å². The van der Waals surface area contributed by atoms with E-state index < -0.39 is 11.5 Å². The number of nitriles is 1. The third kappa shape index (κ3) is 4.25. The average Bonchev–Trinajstić information content (AvgIpc) is 2.65. The topological polar surface area (TPSA) is 74.9 Å². The SMILES string of the molecule is Cc1ccc(Cn2cccc(C(=O)Nc3cc(Cl)ccc3C#N)c2=O)cc1. The van der Waals surface area contributed by atoms with Crippen LogP contribution in [0, 0.1) is 18.3 Å². The van der Waals surface area contributed by atoms with Gasteiger partial charge in [-0.25, -0.2) is 0 Å². The van der Waals surface area contributed by atoms with Crippen LogP contribution in [0.25, 0.3) is 0 Å². The molecule has 0 atom stereocenters. The molecule has 5 nitrogen and oxygen atoms in total. The number of nitrogens with one attached hydrogen (secondary N) is 1. The van der Waals surface area contributed by atoms with Gasteiger partial charge in [0.05, 0.1) is 17.8 Å². The van der Waals surface area contributed by atoms with Crippen LogP contribution in [0.5, 0.6) is 0 Å². The van der Waals surface area contributed by atoms with E-state index in [1.807, 2.05) is 37.3 Å². The molecule has 134 valence electrons. The molecule has 0 aliphatic carbocycles. The fourth-order valence-corrected chi connectivity index (χ4v) is 2.80. The molecule has 0 bridgehead atoms. The number of rotatable bonds is 4. The molecular formula is C21H16ClN3O2. The number of carbonyl (C=O) groups is 1. The molecule has 1 heterocycles. The quantitative estimate of drug-likeness (QED) is 0.747. The molecule has 3 rings (SSSR count). The second kappa shape index (κ2) is 7.90. The van der Waals surface area contributed by atoms with Crippen LogP contribution in [0.1, 0.15) is 27.0 Å². The number of benzene rings is 2. The van der Waals surface area contributed by atoms with Crippen molar-refractivity contribution in [2.24, 2.45) is 0 Å². The molecule has 0 aliphatic rings. The zero-order valence-electron chi connectivity index (χ0n) is 14.6. The summed E-state index contributed by atoms with van der Waals surface area (Å²) in [5.74, 6) is -0.586. The normalized spacial score (nSPS) is 10.3. The summed E-state index contributed by atoms with van der Waals surface area (Å²) in [5, 5.41) is 12.1. The summed E-state index contributed by atoms with van der Waals surface area (Å²) >= 11 is 5.93. The Morgan fingerprint density at radius 2 is 1.93 bits per heavy atom. The number of carbonyl (C=O) groups excluding carboxylic acids is 1. The second-order valence-electron chi connectivity index (χ2n) is 6.10. The van der Waals surface area contributed by atoms with Gasteiger partial charge in [-0.3, -0.25) is 9.59 Å². The number of aryl methyl sites for hydroxylation is 1. The Hall–Kier alpha value is -3.36. The Bertz CT molecular complexity index is 1100. The van der Waals surface area contributed by atoms with E-state index in [1.165, 1.54) is 22.8 Å². The molecule has 1 amide bonds. The van der Waals surface area contributed by atoms with E-state index >= 15 is 0 Å². The van der Waals surface area contributed by atoms with Crippen molar-refractivity contribution in [1.82, 2.24) is 4.57 Å². The minimum atomic E-state index is -0.586. The average molecular weight is 378 g/mol. The summed E-state index contributed by atoms with van der Waals surface area (Å²) in [4.78, 5) is 25.3. The fraction of sp³-hybridized carbons (Fsp3) is 0.0952. The van der Waals surface area contributed by atoms with E-state index in [9.17, 15) is 9.59 Å². The van der Waals surface area contributed by atoms with E-state index in [4.69, 9.17) is 16.9 Å². The van der Waals surface area contributed by atoms with Gasteiger partial charge >= 0.3 is 0 Å². The second-order valence-corrected chi connectivity index (χ2v) is 6.53. The number of nitrogens with zero attached hydrogens (tertiary/aromatic N) is 2. The van der Waals surface area contributed by atoms with Crippen molar-refractivity contribution >= 4 is 23.2 Å². The number of pyridine rings is 1. The number of anilines is 1. The first-order valence-corrected chi connectivity index (χ1v) is 8.62. The maximum atomic E-state index is 12.7. The first-order valence-electron chi connectivity index (χ1n) is 8.24. The Morgan fingerprint density at radius 1 is 1.19 bits per heavy atom. The summed E-state index contributed by atoms with van der Waals surface area (Å²) in [6.07, 6.45) is 1.64. The Labute approximate surface area is 161 Å². The van der Waals surface area contributed by atoms with Crippen molar-refractivity contribution in [2.75, 3.05) is 5.32 Å². The van der Waals surface area contributed by atoms with Crippen molar-refractivity contribution in [3.63, 3.8) is 0 Å². The molecule has 1 aromatic heterocycles. The van der Waals surface area contributed by atoms with Crippen LogP contribution >= 0.6 is 11.6 Å². The lowest BCUT2D eigenvalue weighted by molar-refractivity contribution is 0.102. The van der Waals surface area contributed by atoms with Crippen LogP contribution in [-0.4, -0.2) is 10.5 Å². The van der Waals surface area contributed by atoms with E-state index in [0.717, 1.165) is 11.1 Å². The van der Waals surface area contributed by atoms with Gasteiger partial charge in [-0.15, -0.1) is 0 Å². The molecule has 3 aromatic rings. The Morgan fingerprint density at radius 3 is 2.63 bits per heavy atom. The van der Waals surface area contributed by atoms with E-state index in [-0.39, 0.29) is 16.8 Å². The Balaban J connectivity index is 1.88. The maximum absolute atomic E-state index is 12.7. The van der Waals surface area contributed by atoms with Gasteiger partial charge in [0.25, 0.3) is 11.5 Å². The summed E-state index contributed by atoms with van der Waals surface area (Å²) in [7, 11) is 0. The molecule has 0 aliphatic heterocycles. The van der Waals surface area contributed by atoms with Crippen molar-refractivity contribution in [3.8, 4) is 6.07 Å². The molecule has 0 spiro atoms. The van der Waals surface area contributed by atoms with Gasteiger partial charge in [-0.1, -0.05) is 41.4 Å². The molecule has 27 heavy (non-hydrogen) atoms. The lowest BCUT2D eigenvalue weighted by Crippen LogP contribution is -2.29. The highest BCUT2D eigenvalue weighted by molar-refractivity contribution is 6.31. The zero-order chi connectivity index (χ0) is 19.4. The van der Waals surface area contributed by atoms with Gasteiger partial charge in [0, 0.05) is 11.2 Å². The third-order valence-corrected chi connectivity index (χ3v) is 4.32. The van der Waals surface area contributed by atoms with Gasteiger partial charge in [0.2, 0.25) is 0 Å². The molecular weight excluding hydrogens is 362 g/mol. The standard InChI is InChI=1S/C21H16ClN3O2/c1-14-4-6-15(7-5-14)13-25-10-2-3-18(21(25)27)20(26)24-19-11-17(22)9-8-16(19)12-23/h2-11H,13H2,1H3,(H,24,26). The molecule has 1 N–H and O–H groups in total. The predicted molar refractivity (Wildman–Crippen MR) is 105 cm³/mol. The van der Waals surface area contributed by atoms with Crippen molar-refractivity contribution in [2.45, 2.75) is 13.5 Å². The summed E-state index contributed by atoms with van der Waals surface area (Å²) in [6, 6.07) is 17.5. The predicted octanol–water partition coefficient (Wildman–Crippen LogP) is 3.98. The number of amides is 1. The van der Waals surface area contributed by atoms with Gasteiger partial charge in [0.15, 0.2) is 0 Å². The fourth-order valence-electron chi connectivity index (χ4n) is 2.63. The summed E-state index contributed by atoms with van der Waals surface area (Å²) < 4.78 is 1.47. The largest absolute Gasteiger partial charge is 0.321 e. The highest BCUT2D eigenvalue weighted by Gasteiger charge is 2.14. The highest BCUT2D eigenvalue weighted by Crippen LogP contribution is 2.20. The minimum Gasteiger partial charge on any atom is -0.321 e. The number of halogens is 1. The monoisotopic (exact) mass is 377 g/mol. The molecule has 0 saturated carbocycles. The summed E-state index contributed by atoms with van der Waals surface area (Å²) in [6.45, 7) is 2.35. The van der Waals surface area contributed by atoms with Crippen LogP contribution in [0.2, 0.25) is 5.02 Å². The maximum Gasteiger partial charge on any atom is 0.263 e. The van der Waals surface area contributed by atoms with Gasteiger partial charge in [-0.05, 0) is 42.8 Å². The smallest absolute Gasteiger partial charge is 0.263 e. The van der Waals surface area contributed by atoms with Crippen molar-refractivity contribution in [1.29, 1.82) is 5.26 Å². The molecule has 0 saturated heterocycles. The number of aromatic nitrogens is 1. The van der Waals surface area contributed by atoms with Crippen LogP contribution in [-0.2, 0) is 6.54 Å². The van der Waals surface area contributed by atoms with E-state index in [0.29, 0.717) is 11.6 Å². The molecule has 6 heteroatoms. The van der Waals surface area contributed by atoms with Crippen LogP contribution < -0.4 is 10.9 Å². The van der Waals surface area contributed by atoms with Crippen molar-refractivity contribution < 1.29 is 4.79 Å². The third-order valence-electron chi connectivity index (χ3n) is 4.09. The van der Waals surface area contributed by atoms with E-state index in [1.54, 1.807) is 18.3 Å². The highest BCUT2D eigenvalue weighted by atomic mass is 35.5. The Kier molecular flexibility index (Phi) is 5.39. The zero-order valence-corrected chi connectivity index (χ0v) is 15.3. The van der Waals surface area contributed by atoms with Crippen LogP contribution in [0.4, 0.5) is 5.69 Å². The van der Waals surface area contributed by atoms with Crippen LogP contribution in [0.3, 0.4) is 0 Å². The van der Waals surface area contributed by atoms with Crippen LogP contribution in [0.15, 0.2) is 65.6 Å². The molecule has 0 unspecified atom stereocenters. The van der Waals surface area contributed by atoms with E-state index in [2.05, 4.69) is 5.32 Å². The molecule has 2 aromatic carbocycles. The lowest BCUT2D eigenvalue weighted by atomic mass is 10.1. The molecule has 0 radical (unpaired) electrons. The first kappa shape index (κ1) is 18.4. The lowest BCUT2D eigenvalue weighted by Gasteiger charge is -2.10. The van der Waals surface area contributed by atoms with Gasteiger partial charge < -0.3 is 9.88 Å². The molecule has 0 fully saturated rings. The number of hydrogen-bond acceptors (Lipinski definition) is 3. The summed E-state index contributed by atoms with van der Waals surface area (Å²) in [5.41, 5.74) is 2.22. The first-order chi connectivity index (χ1) is 13.0. The minimum absolute atomic E-state index is 0.00604. The van der Waals surface area contributed by atoms with Gasteiger partial charge in [-0.2, -0.15) is 5.26 Å².